The van der Waals surface area contributed by atoms with Gasteiger partial charge in [0.1, 0.15) is 6.61 Å². The largest absolute Gasteiger partial charge is 0.461 e. The van der Waals surface area contributed by atoms with Crippen LogP contribution < -0.4 is 5.32 Å². The zero-order valence-electron chi connectivity index (χ0n) is 17.9. The lowest BCUT2D eigenvalue weighted by Crippen LogP contribution is -2.27. The van der Waals surface area contributed by atoms with Crippen LogP contribution in [0.1, 0.15) is 29.8 Å². The molecule has 1 N–H and O–H groups in total. The second-order valence-corrected chi connectivity index (χ2v) is 7.25. The molecule has 6 nitrogen and oxygen atoms in total. The number of rotatable bonds is 9. The molecule has 0 aliphatic rings. The first-order valence-corrected chi connectivity index (χ1v) is 10.3. The van der Waals surface area contributed by atoms with Crippen LogP contribution in [0, 0.1) is 0 Å². The van der Waals surface area contributed by atoms with Crippen molar-refractivity contribution in [2.75, 3.05) is 31.6 Å². The van der Waals surface area contributed by atoms with Gasteiger partial charge in [0.05, 0.1) is 12.0 Å². The van der Waals surface area contributed by atoms with Crippen molar-refractivity contribution < 1.29 is 14.3 Å². The summed E-state index contributed by atoms with van der Waals surface area (Å²) in [6, 6.07) is 14.8. The fourth-order valence-corrected chi connectivity index (χ4v) is 3.52. The van der Waals surface area contributed by atoms with Crippen molar-refractivity contribution in [2.45, 2.75) is 20.3 Å². The third-order valence-electron chi connectivity index (χ3n) is 5.27. The summed E-state index contributed by atoms with van der Waals surface area (Å²) in [5.41, 5.74) is 3.21. The van der Waals surface area contributed by atoms with E-state index < -0.39 is 0 Å². The summed E-state index contributed by atoms with van der Waals surface area (Å²) in [5.74, 6) is -0.448. The molecular formula is C24H29N3O3. The molecule has 0 bridgehead atoms. The van der Waals surface area contributed by atoms with Crippen LogP contribution in [-0.4, -0.2) is 47.6 Å². The van der Waals surface area contributed by atoms with Crippen LogP contribution in [0.2, 0.25) is 0 Å². The summed E-state index contributed by atoms with van der Waals surface area (Å²) in [5, 5.41) is 3.98. The van der Waals surface area contributed by atoms with Crippen molar-refractivity contribution in [1.82, 2.24) is 9.47 Å². The number of benzene rings is 2. The number of aryl methyl sites for hydroxylation is 1. The first-order chi connectivity index (χ1) is 14.5. The molecule has 0 spiro atoms. The molecule has 0 fully saturated rings. The Kier molecular flexibility index (Phi) is 7.25. The highest BCUT2D eigenvalue weighted by Crippen LogP contribution is 2.21. The van der Waals surface area contributed by atoms with E-state index in [1.165, 1.54) is 0 Å². The smallest absolute Gasteiger partial charge is 0.338 e. The predicted octanol–water partition coefficient (Wildman–Crippen LogP) is 3.86. The monoisotopic (exact) mass is 407 g/mol. The molecule has 1 aromatic heterocycles. The molecule has 0 unspecified atom stereocenters. The second kappa shape index (κ2) is 10.1. The maximum absolute atomic E-state index is 12.5. The number of hydrogen-bond donors (Lipinski definition) is 1. The van der Waals surface area contributed by atoms with E-state index in [2.05, 4.69) is 24.1 Å². The van der Waals surface area contributed by atoms with E-state index in [1.807, 2.05) is 42.1 Å². The Bertz CT molecular complexity index is 1000. The summed E-state index contributed by atoms with van der Waals surface area (Å²) in [7, 11) is 1.98. The molecule has 1 amide bonds. The highest BCUT2D eigenvalue weighted by molar-refractivity contribution is 5.96. The maximum Gasteiger partial charge on any atom is 0.338 e. The average Bonchev–Trinajstić information content (AvgIpc) is 3.07. The van der Waals surface area contributed by atoms with Crippen LogP contribution in [-0.2, 0) is 23.0 Å². The summed E-state index contributed by atoms with van der Waals surface area (Å²) >= 11 is 0. The number of likely N-dealkylation sites (N-methyl/N-ethyl adjacent to an activating group) is 1. The molecular weight excluding hydrogens is 378 g/mol. The average molecular weight is 408 g/mol. The summed E-state index contributed by atoms with van der Waals surface area (Å²) in [4.78, 5) is 26.9. The summed E-state index contributed by atoms with van der Waals surface area (Å²) in [6.45, 7) is 7.12. The number of ether oxygens (including phenoxy) is 1. The molecule has 0 saturated carbocycles. The van der Waals surface area contributed by atoms with Crippen LogP contribution in [0.3, 0.4) is 0 Å². The number of fused-ring (bicyclic) bond motifs is 1. The third kappa shape index (κ3) is 5.27. The van der Waals surface area contributed by atoms with Crippen LogP contribution in [0.4, 0.5) is 5.69 Å². The number of anilines is 1. The van der Waals surface area contributed by atoms with E-state index in [0.29, 0.717) is 17.9 Å². The van der Waals surface area contributed by atoms with E-state index in [0.717, 1.165) is 36.1 Å². The van der Waals surface area contributed by atoms with E-state index in [9.17, 15) is 9.59 Å². The standard InChI is InChI=1S/C24H29N3O3/c1-4-27(5-2)14-15-30-24(29)18-10-12-20(13-11-18)25-23(28)16-19-17-26(3)22-9-7-6-8-21(19)22/h6-13,17H,4-5,14-16H2,1-3H3,(H,25,28). The van der Waals surface area contributed by atoms with Gasteiger partial charge in [0.15, 0.2) is 0 Å². The van der Waals surface area contributed by atoms with Gasteiger partial charge in [-0.2, -0.15) is 0 Å². The lowest BCUT2D eigenvalue weighted by atomic mass is 10.1. The number of para-hydroxylation sites is 1. The topological polar surface area (TPSA) is 63.6 Å². The van der Waals surface area contributed by atoms with Gasteiger partial charge in [0.2, 0.25) is 5.91 Å². The Morgan fingerprint density at radius 3 is 2.43 bits per heavy atom. The van der Waals surface area contributed by atoms with Gasteiger partial charge in [-0.3, -0.25) is 4.79 Å². The molecule has 0 radical (unpaired) electrons. The van der Waals surface area contributed by atoms with Gasteiger partial charge < -0.3 is 19.5 Å². The third-order valence-corrected chi connectivity index (χ3v) is 5.27. The van der Waals surface area contributed by atoms with Gasteiger partial charge in [-0.25, -0.2) is 4.79 Å². The zero-order chi connectivity index (χ0) is 21.5. The molecule has 2 aromatic carbocycles. The highest BCUT2D eigenvalue weighted by atomic mass is 16.5. The highest BCUT2D eigenvalue weighted by Gasteiger charge is 2.12. The quantitative estimate of drug-likeness (QED) is 0.547. The van der Waals surface area contributed by atoms with Gasteiger partial charge in [0.25, 0.3) is 0 Å². The number of hydrogen-bond acceptors (Lipinski definition) is 4. The number of esters is 1. The fourth-order valence-electron chi connectivity index (χ4n) is 3.52. The van der Waals surface area contributed by atoms with Crippen molar-refractivity contribution in [3.63, 3.8) is 0 Å². The van der Waals surface area contributed by atoms with Crippen LogP contribution in [0.25, 0.3) is 10.9 Å². The minimum absolute atomic E-state index is 0.0964. The van der Waals surface area contributed by atoms with E-state index in [1.54, 1.807) is 24.3 Å². The maximum atomic E-state index is 12.5. The number of nitrogens with one attached hydrogen (secondary N) is 1. The molecule has 3 rings (SSSR count). The Hall–Kier alpha value is -3.12. The lowest BCUT2D eigenvalue weighted by molar-refractivity contribution is -0.115. The number of amides is 1. The summed E-state index contributed by atoms with van der Waals surface area (Å²) in [6.07, 6.45) is 2.28. The van der Waals surface area contributed by atoms with Crippen molar-refractivity contribution in [3.05, 3.63) is 65.9 Å². The van der Waals surface area contributed by atoms with Gasteiger partial charge in [-0.15, -0.1) is 0 Å². The van der Waals surface area contributed by atoms with Gasteiger partial charge in [0, 0.05) is 36.4 Å². The Labute approximate surface area is 177 Å². The lowest BCUT2D eigenvalue weighted by Gasteiger charge is -2.17. The molecule has 0 saturated heterocycles. The zero-order valence-corrected chi connectivity index (χ0v) is 17.9. The molecule has 3 aromatic rings. The van der Waals surface area contributed by atoms with Crippen molar-refractivity contribution in [1.29, 1.82) is 0 Å². The fraction of sp³-hybridized carbons (Fsp3) is 0.333. The molecule has 0 aliphatic carbocycles. The van der Waals surface area contributed by atoms with Gasteiger partial charge in [-0.1, -0.05) is 32.0 Å². The predicted molar refractivity (Wildman–Crippen MR) is 120 cm³/mol. The SMILES string of the molecule is CCN(CC)CCOC(=O)c1ccc(NC(=O)Cc2cn(C)c3ccccc23)cc1. The van der Waals surface area contributed by atoms with Crippen LogP contribution >= 0.6 is 0 Å². The van der Waals surface area contributed by atoms with E-state index in [4.69, 9.17) is 4.74 Å². The van der Waals surface area contributed by atoms with E-state index >= 15 is 0 Å². The first-order valence-electron chi connectivity index (χ1n) is 10.3. The van der Waals surface area contributed by atoms with Crippen LogP contribution in [0.15, 0.2) is 54.7 Å². The normalized spacial score (nSPS) is 11.1. The Morgan fingerprint density at radius 1 is 1.03 bits per heavy atom. The minimum atomic E-state index is -0.351. The van der Waals surface area contributed by atoms with Gasteiger partial charge >= 0.3 is 5.97 Å². The van der Waals surface area contributed by atoms with Crippen LogP contribution in [0.5, 0.6) is 0 Å². The Morgan fingerprint density at radius 2 is 1.73 bits per heavy atom. The molecule has 0 aliphatic heterocycles. The minimum Gasteiger partial charge on any atom is -0.461 e. The number of carbonyl (C=O) groups excluding carboxylic acids is 2. The Balaban J connectivity index is 1.54. The van der Waals surface area contributed by atoms with Crippen molar-refractivity contribution >= 4 is 28.5 Å². The van der Waals surface area contributed by atoms with Crippen molar-refractivity contribution in [3.8, 4) is 0 Å². The number of carbonyl (C=O) groups is 2. The molecule has 6 heteroatoms. The molecule has 0 atom stereocenters. The number of aromatic nitrogens is 1. The second-order valence-electron chi connectivity index (χ2n) is 7.25. The molecule has 158 valence electrons. The first kappa shape index (κ1) is 21.6. The summed E-state index contributed by atoms with van der Waals surface area (Å²) < 4.78 is 7.36. The molecule has 30 heavy (non-hydrogen) atoms. The van der Waals surface area contributed by atoms with Gasteiger partial charge in [-0.05, 0) is 49.0 Å². The molecule has 1 heterocycles. The van der Waals surface area contributed by atoms with E-state index in [-0.39, 0.29) is 18.3 Å². The number of nitrogens with zero attached hydrogens (tertiary/aromatic N) is 2. The van der Waals surface area contributed by atoms with Crippen molar-refractivity contribution in [2.24, 2.45) is 7.05 Å².